The summed E-state index contributed by atoms with van der Waals surface area (Å²) in [5.74, 6) is 0.113. The summed E-state index contributed by atoms with van der Waals surface area (Å²) in [5, 5.41) is 0. The van der Waals surface area contributed by atoms with Crippen molar-refractivity contribution in [2.45, 2.75) is 52.6 Å². The van der Waals surface area contributed by atoms with E-state index in [4.69, 9.17) is 4.74 Å². The van der Waals surface area contributed by atoms with Crippen molar-refractivity contribution in [1.82, 2.24) is 9.97 Å². The third-order valence-electron chi connectivity index (χ3n) is 4.19. The van der Waals surface area contributed by atoms with Crippen LogP contribution in [0.1, 0.15) is 57.6 Å². The molecule has 7 heteroatoms. The Labute approximate surface area is 158 Å². The number of halogens is 3. The fourth-order valence-electron chi connectivity index (χ4n) is 2.60. The van der Waals surface area contributed by atoms with E-state index < -0.39 is 17.6 Å². The molecule has 0 aliphatic heterocycles. The predicted octanol–water partition coefficient (Wildman–Crippen LogP) is 5.96. The second-order valence-electron chi connectivity index (χ2n) is 6.58. The number of hydrogen-bond donors (Lipinski definition) is 0. The van der Waals surface area contributed by atoms with Gasteiger partial charge in [0, 0.05) is 18.4 Å². The molecule has 2 rings (SSSR count). The SMILES string of the molecule is CCCCOc1nc(N(CC)c2cccc(C(C)C)c2)ncc1C(F)(F)F. The van der Waals surface area contributed by atoms with Crippen molar-refractivity contribution in [2.24, 2.45) is 0 Å². The number of rotatable bonds is 8. The van der Waals surface area contributed by atoms with E-state index >= 15 is 0 Å². The van der Waals surface area contributed by atoms with Crippen LogP contribution in [0.5, 0.6) is 5.88 Å². The maximum atomic E-state index is 13.3. The number of nitrogens with zero attached hydrogens (tertiary/aromatic N) is 3. The average Bonchev–Trinajstić information content (AvgIpc) is 2.62. The van der Waals surface area contributed by atoms with Crippen molar-refractivity contribution in [1.29, 1.82) is 0 Å². The summed E-state index contributed by atoms with van der Waals surface area (Å²) in [5.41, 5.74) is 1.02. The minimum atomic E-state index is -4.56. The van der Waals surface area contributed by atoms with Gasteiger partial charge in [-0.25, -0.2) is 4.98 Å². The molecule has 1 heterocycles. The van der Waals surface area contributed by atoms with Crippen LogP contribution in [0.4, 0.5) is 24.8 Å². The third kappa shape index (κ3) is 5.34. The average molecular weight is 381 g/mol. The lowest BCUT2D eigenvalue weighted by Gasteiger charge is -2.23. The van der Waals surface area contributed by atoms with E-state index in [1.54, 1.807) is 4.90 Å². The van der Waals surface area contributed by atoms with E-state index in [0.29, 0.717) is 18.9 Å². The molecular formula is C20H26F3N3O. The first-order chi connectivity index (χ1) is 12.8. The minimum Gasteiger partial charge on any atom is -0.477 e. The highest BCUT2D eigenvalue weighted by molar-refractivity contribution is 5.59. The van der Waals surface area contributed by atoms with Crippen LogP contribution in [0.3, 0.4) is 0 Å². The first-order valence-corrected chi connectivity index (χ1v) is 9.22. The number of anilines is 2. The lowest BCUT2D eigenvalue weighted by atomic mass is 10.0. The summed E-state index contributed by atoms with van der Waals surface area (Å²) in [6.45, 7) is 8.72. The molecule has 0 atom stereocenters. The number of alkyl halides is 3. The maximum absolute atomic E-state index is 13.3. The van der Waals surface area contributed by atoms with Crippen molar-refractivity contribution in [2.75, 3.05) is 18.1 Å². The fraction of sp³-hybridized carbons (Fsp3) is 0.500. The van der Waals surface area contributed by atoms with Gasteiger partial charge < -0.3 is 9.64 Å². The Morgan fingerprint density at radius 3 is 2.52 bits per heavy atom. The number of ether oxygens (including phenoxy) is 1. The van der Waals surface area contributed by atoms with Crippen LogP contribution in [0.15, 0.2) is 30.5 Å². The molecule has 0 fully saturated rings. The Bertz CT molecular complexity index is 747. The van der Waals surface area contributed by atoms with Crippen LogP contribution in [0.25, 0.3) is 0 Å². The van der Waals surface area contributed by atoms with Crippen molar-refractivity contribution in [3.63, 3.8) is 0 Å². The second kappa shape index (κ2) is 9.06. The van der Waals surface area contributed by atoms with Crippen LogP contribution >= 0.6 is 0 Å². The lowest BCUT2D eigenvalue weighted by molar-refractivity contribution is -0.139. The molecule has 0 aliphatic rings. The van der Waals surface area contributed by atoms with E-state index in [-0.39, 0.29) is 12.6 Å². The molecule has 0 N–H and O–H groups in total. The third-order valence-corrected chi connectivity index (χ3v) is 4.19. The normalized spacial score (nSPS) is 11.7. The first-order valence-electron chi connectivity index (χ1n) is 9.22. The summed E-state index contributed by atoms with van der Waals surface area (Å²) < 4.78 is 45.1. The second-order valence-corrected chi connectivity index (χ2v) is 6.58. The van der Waals surface area contributed by atoms with Gasteiger partial charge in [-0.2, -0.15) is 18.2 Å². The molecule has 27 heavy (non-hydrogen) atoms. The van der Waals surface area contributed by atoms with Gasteiger partial charge in [0.1, 0.15) is 5.56 Å². The predicted molar refractivity (Wildman–Crippen MR) is 101 cm³/mol. The molecule has 4 nitrogen and oxygen atoms in total. The molecule has 2 aromatic rings. The summed E-state index contributed by atoms with van der Waals surface area (Å²) in [6.07, 6.45) is -2.28. The van der Waals surface area contributed by atoms with Crippen LogP contribution in [-0.4, -0.2) is 23.1 Å². The highest BCUT2D eigenvalue weighted by atomic mass is 19.4. The van der Waals surface area contributed by atoms with Gasteiger partial charge in [0.2, 0.25) is 11.8 Å². The lowest BCUT2D eigenvalue weighted by Crippen LogP contribution is -2.21. The van der Waals surface area contributed by atoms with E-state index in [1.165, 1.54) is 0 Å². The van der Waals surface area contributed by atoms with Crippen molar-refractivity contribution in [3.05, 3.63) is 41.6 Å². The van der Waals surface area contributed by atoms with Crippen LogP contribution in [-0.2, 0) is 6.18 Å². The molecule has 148 valence electrons. The number of benzene rings is 1. The summed E-state index contributed by atoms with van der Waals surface area (Å²) >= 11 is 0. The van der Waals surface area contributed by atoms with Crippen LogP contribution in [0.2, 0.25) is 0 Å². The number of hydrogen-bond acceptors (Lipinski definition) is 4. The Morgan fingerprint density at radius 2 is 1.93 bits per heavy atom. The smallest absolute Gasteiger partial charge is 0.423 e. The Kier molecular flexibility index (Phi) is 7.05. The molecule has 0 saturated carbocycles. The van der Waals surface area contributed by atoms with Gasteiger partial charge in [-0.3, -0.25) is 0 Å². The van der Waals surface area contributed by atoms with E-state index in [9.17, 15) is 13.2 Å². The van der Waals surface area contributed by atoms with Gasteiger partial charge in [0.15, 0.2) is 0 Å². The van der Waals surface area contributed by atoms with Gasteiger partial charge >= 0.3 is 6.18 Å². The largest absolute Gasteiger partial charge is 0.477 e. The van der Waals surface area contributed by atoms with E-state index in [2.05, 4.69) is 23.8 Å². The zero-order chi connectivity index (χ0) is 20.0. The molecule has 0 spiro atoms. The quantitative estimate of drug-likeness (QED) is 0.529. The Balaban J connectivity index is 2.42. The molecule has 0 aliphatic carbocycles. The van der Waals surface area contributed by atoms with Crippen LogP contribution < -0.4 is 9.64 Å². The summed E-state index contributed by atoms with van der Waals surface area (Å²) in [4.78, 5) is 9.85. The molecule has 0 amide bonds. The number of aromatic nitrogens is 2. The van der Waals surface area contributed by atoms with Crippen molar-refractivity contribution in [3.8, 4) is 5.88 Å². The van der Waals surface area contributed by atoms with Gasteiger partial charge in [-0.15, -0.1) is 0 Å². The van der Waals surface area contributed by atoms with Crippen molar-refractivity contribution >= 4 is 11.6 Å². The molecule has 0 radical (unpaired) electrons. The molecule has 0 unspecified atom stereocenters. The van der Waals surface area contributed by atoms with E-state index in [0.717, 1.165) is 23.9 Å². The van der Waals surface area contributed by atoms with Gasteiger partial charge in [0.25, 0.3) is 0 Å². The van der Waals surface area contributed by atoms with Gasteiger partial charge in [-0.05, 0) is 37.0 Å². The minimum absolute atomic E-state index is 0.186. The van der Waals surface area contributed by atoms with Gasteiger partial charge in [0.05, 0.1) is 6.61 Å². The fourth-order valence-corrected chi connectivity index (χ4v) is 2.60. The Morgan fingerprint density at radius 1 is 1.19 bits per heavy atom. The van der Waals surface area contributed by atoms with Crippen molar-refractivity contribution < 1.29 is 17.9 Å². The first kappa shape index (κ1) is 21.0. The Hall–Kier alpha value is -2.31. The highest BCUT2D eigenvalue weighted by Crippen LogP contribution is 2.36. The zero-order valence-corrected chi connectivity index (χ0v) is 16.2. The monoisotopic (exact) mass is 381 g/mol. The zero-order valence-electron chi connectivity index (χ0n) is 16.2. The molecule has 0 saturated heterocycles. The summed E-state index contributed by atoms with van der Waals surface area (Å²) in [6, 6.07) is 7.85. The molecule has 0 bridgehead atoms. The number of unbranched alkanes of at least 4 members (excludes halogenated alkanes) is 1. The van der Waals surface area contributed by atoms with E-state index in [1.807, 2.05) is 38.1 Å². The molecule has 1 aromatic carbocycles. The highest BCUT2D eigenvalue weighted by Gasteiger charge is 2.36. The van der Waals surface area contributed by atoms with Gasteiger partial charge in [-0.1, -0.05) is 39.3 Å². The molecule has 1 aromatic heterocycles. The topological polar surface area (TPSA) is 38.2 Å². The molecular weight excluding hydrogens is 355 g/mol. The van der Waals surface area contributed by atoms with Crippen LogP contribution in [0, 0.1) is 0 Å². The summed E-state index contributed by atoms with van der Waals surface area (Å²) in [7, 11) is 0. The standard InChI is InChI=1S/C20H26F3N3O/c1-5-7-11-27-18-17(20(21,22)23)13-24-19(25-18)26(6-2)16-10-8-9-15(12-16)14(3)4/h8-10,12-14H,5-7,11H2,1-4H3. The maximum Gasteiger partial charge on any atom is 0.423 e.